The molecule has 9 rings (SSSR count). The van der Waals surface area contributed by atoms with E-state index in [-0.39, 0.29) is 26.4 Å². The van der Waals surface area contributed by atoms with Crippen molar-refractivity contribution in [2.75, 3.05) is 19.8 Å². The van der Waals surface area contributed by atoms with Crippen LogP contribution in [0.25, 0.3) is 0 Å². The van der Waals surface area contributed by atoms with E-state index in [1.54, 1.807) is 0 Å². The minimum absolute atomic E-state index is 0.106. The van der Waals surface area contributed by atoms with E-state index in [9.17, 15) is 5.11 Å². The van der Waals surface area contributed by atoms with Crippen molar-refractivity contribution in [3.8, 4) is 0 Å². The molecule has 76 heavy (non-hydrogen) atoms. The summed E-state index contributed by atoms with van der Waals surface area (Å²) in [5.74, 6) is 0. The predicted octanol–water partition coefficient (Wildman–Crippen LogP) is 11.0. The molecule has 3 aliphatic rings. The number of rotatable bonds is 25. The van der Waals surface area contributed by atoms with Gasteiger partial charge in [0.05, 0.1) is 33.0 Å². The highest BCUT2D eigenvalue weighted by atomic mass is 28.4. The summed E-state index contributed by atoms with van der Waals surface area (Å²) >= 11 is 0. The van der Waals surface area contributed by atoms with Crippen molar-refractivity contribution in [3.05, 3.63) is 204 Å². The summed E-state index contributed by atoms with van der Waals surface area (Å²) in [6.07, 6.45) is -3.36. The number of hydrogen-bond donors (Lipinski definition) is 1. The second kappa shape index (κ2) is 27.6. The molecule has 0 saturated carbocycles. The fraction of sp³-hybridized carbons (Fsp3) is 0.438. The SMILES string of the molecule is CCCCCCCCO[C@@H]1O[C@H](COCc2ccccc2)[C@@H](O[C@@H]2O[C@@H]3COC(c4ccccc4)O[C@H]3[C@H](O[Si](c3ccccc3)(c3ccccc3)C(C)(C)C)[C@@H]2O)[C@H](OCc2ccccc2)[C@H]1OCc1ccccc1. The van der Waals surface area contributed by atoms with Crippen LogP contribution in [0.5, 0.6) is 0 Å². The van der Waals surface area contributed by atoms with Crippen LogP contribution in [-0.2, 0) is 66.9 Å². The van der Waals surface area contributed by atoms with Gasteiger partial charge in [0, 0.05) is 12.2 Å². The Hall–Kier alpha value is -4.90. The molecule has 0 amide bonds. The van der Waals surface area contributed by atoms with Crippen molar-refractivity contribution in [2.45, 2.75) is 159 Å². The molecule has 0 aliphatic carbocycles. The van der Waals surface area contributed by atoms with Crippen LogP contribution in [0.15, 0.2) is 182 Å². The quantitative estimate of drug-likeness (QED) is 0.0437. The van der Waals surface area contributed by atoms with Crippen molar-refractivity contribution < 1.29 is 52.2 Å². The average Bonchev–Trinajstić information content (AvgIpc) is 3.46. The predicted molar refractivity (Wildman–Crippen MR) is 296 cm³/mol. The van der Waals surface area contributed by atoms with Gasteiger partial charge in [-0.3, -0.25) is 0 Å². The molecule has 1 N–H and O–H groups in total. The zero-order valence-corrected chi connectivity index (χ0v) is 45.7. The van der Waals surface area contributed by atoms with Crippen LogP contribution >= 0.6 is 0 Å². The first-order valence-corrected chi connectivity index (χ1v) is 29.4. The summed E-state index contributed by atoms with van der Waals surface area (Å²) in [4.78, 5) is 0. The third kappa shape index (κ3) is 14.0. The van der Waals surface area contributed by atoms with Gasteiger partial charge in [-0.1, -0.05) is 242 Å². The van der Waals surface area contributed by atoms with Gasteiger partial charge in [0.1, 0.15) is 48.8 Å². The van der Waals surface area contributed by atoms with E-state index in [1.807, 2.05) is 133 Å². The molecule has 3 saturated heterocycles. The summed E-state index contributed by atoms with van der Waals surface area (Å²) in [5, 5.41) is 15.0. The molecular formula is C64H78O11Si. The Bertz CT molecular complexity index is 2520. The molecule has 404 valence electrons. The van der Waals surface area contributed by atoms with Gasteiger partial charge in [-0.05, 0) is 38.5 Å². The molecule has 11 atom stereocenters. The number of unbranched alkanes of at least 4 members (excludes halogenated alkanes) is 5. The van der Waals surface area contributed by atoms with Crippen molar-refractivity contribution in [3.63, 3.8) is 0 Å². The summed E-state index contributed by atoms with van der Waals surface area (Å²) in [5.41, 5.74) is 3.82. The van der Waals surface area contributed by atoms with Crippen LogP contribution in [-0.4, -0.2) is 94.7 Å². The number of fused-ring (bicyclic) bond motifs is 1. The van der Waals surface area contributed by atoms with E-state index in [2.05, 4.69) is 76.2 Å². The molecule has 3 aliphatic heterocycles. The molecule has 11 nitrogen and oxygen atoms in total. The summed E-state index contributed by atoms with van der Waals surface area (Å²) in [6, 6.07) is 60.9. The van der Waals surface area contributed by atoms with Gasteiger partial charge in [-0.25, -0.2) is 0 Å². The number of benzene rings is 6. The van der Waals surface area contributed by atoms with Crippen molar-refractivity contribution in [2.24, 2.45) is 0 Å². The molecular weight excluding hydrogens is 973 g/mol. The molecule has 1 unspecified atom stereocenters. The largest absolute Gasteiger partial charge is 0.399 e. The van der Waals surface area contributed by atoms with Crippen LogP contribution < -0.4 is 10.4 Å². The van der Waals surface area contributed by atoms with Crippen molar-refractivity contribution in [1.29, 1.82) is 0 Å². The Labute approximate surface area is 451 Å². The topological polar surface area (TPSA) is 113 Å². The lowest BCUT2D eigenvalue weighted by Crippen LogP contribution is -2.73. The Kier molecular flexibility index (Phi) is 20.3. The molecule has 6 aromatic carbocycles. The van der Waals surface area contributed by atoms with Gasteiger partial charge in [0.25, 0.3) is 8.32 Å². The highest BCUT2D eigenvalue weighted by Gasteiger charge is 2.59. The van der Waals surface area contributed by atoms with Gasteiger partial charge in [-0.2, -0.15) is 0 Å². The number of aliphatic hydroxyl groups excluding tert-OH is 1. The second-order valence-corrected chi connectivity index (χ2v) is 25.5. The van der Waals surface area contributed by atoms with Gasteiger partial charge >= 0.3 is 0 Å². The lowest BCUT2D eigenvalue weighted by atomic mass is 9.95. The van der Waals surface area contributed by atoms with Crippen LogP contribution in [0, 0.1) is 0 Å². The lowest BCUT2D eigenvalue weighted by molar-refractivity contribution is -0.389. The first-order valence-electron chi connectivity index (χ1n) is 27.5. The molecule has 0 aromatic heterocycles. The minimum Gasteiger partial charge on any atom is -0.399 e. The molecule has 3 heterocycles. The normalized spacial score (nSPS) is 25.9. The monoisotopic (exact) mass is 1050 g/mol. The van der Waals surface area contributed by atoms with Crippen LogP contribution in [0.3, 0.4) is 0 Å². The third-order valence-corrected chi connectivity index (χ3v) is 19.8. The van der Waals surface area contributed by atoms with Crippen LogP contribution in [0.4, 0.5) is 0 Å². The maximum absolute atomic E-state index is 13.3. The lowest BCUT2D eigenvalue weighted by Gasteiger charge is -2.53. The molecule has 12 heteroatoms. The molecule has 0 spiro atoms. The first kappa shape index (κ1) is 55.8. The fourth-order valence-electron chi connectivity index (χ4n) is 10.8. The van der Waals surface area contributed by atoms with Gasteiger partial charge in [0.2, 0.25) is 0 Å². The van der Waals surface area contributed by atoms with E-state index in [4.69, 9.17) is 47.1 Å². The maximum atomic E-state index is 13.3. The zero-order valence-electron chi connectivity index (χ0n) is 44.7. The maximum Gasteiger partial charge on any atom is 0.261 e. The Balaban J connectivity index is 1.10. The second-order valence-electron chi connectivity index (χ2n) is 21.3. The van der Waals surface area contributed by atoms with Gasteiger partial charge < -0.3 is 52.2 Å². The molecule has 0 radical (unpaired) electrons. The molecule has 3 fully saturated rings. The third-order valence-electron chi connectivity index (χ3n) is 14.7. The zero-order chi connectivity index (χ0) is 52.6. The van der Waals surface area contributed by atoms with Crippen molar-refractivity contribution >= 4 is 18.7 Å². The number of hydrogen-bond acceptors (Lipinski definition) is 11. The fourth-order valence-corrected chi connectivity index (χ4v) is 15.5. The highest BCUT2D eigenvalue weighted by Crippen LogP contribution is 2.43. The van der Waals surface area contributed by atoms with Gasteiger partial charge in [0.15, 0.2) is 18.9 Å². The van der Waals surface area contributed by atoms with Gasteiger partial charge in [-0.15, -0.1) is 0 Å². The van der Waals surface area contributed by atoms with Crippen molar-refractivity contribution in [1.82, 2.24) is 0 Å². The van der Waals surface area contributed by atoms with E-state index >= 15 is 0 Å². The van der Waals surface area contributed by atoms with E-state index in [1.165, 1.54) is 19.3 Å². The first-order chi connectivity index (χ1) is 37.2. The Morgan fingerprint density at radius 3 is 1.61 bits per heavy atom. The Morgan fingerprint density at radius 1 is 0.526 bits per heavy atom. The average molecular weight is 1050 g/mol. The van der Waals surface area contributed by atoms with E-state index in [0.29, 0.717) is 13.2 Å². The highest BCUT2D eigenvalue weighted by molar-refractivity contribution is 6.99. The molecule has 6 aromatic rings. The summed E-state index contributed by atoms with van der Waals surface area (Å²) in [6.45, 7) is 10.5. The smallest absolute Gasteiger partial charge is 0.261 e. The summed E-state index contributed by atoms with van der Waals surface area (Å²) < 4.78 is 70.2. The molecule has 0 bridgehead atoms. The van der Waals surface area contributed by atoms with Crippen LogP contribution in [0.2, 0.25) is 5.04 Å². The van der Waals surface area contributed by atoms with E-state index in [0.717, 1.165) is 51.9 Å². The minimum atomic E-state index is -3.35. The standard InChI is InChI=1S/C64H78O11Si/c1-5-6-7-8-9-28-41-67-63-60(69-44-49-33-20-12-21-34-49)59(68-43-48-31-18-11-19-32-48)57(53(72-63)45-66-42-47-29-16-10-17-30-47)74-62-55(65)58(56-54(71-62)46-70-61(73-56)50-35-22-13-23-36-50)75-76(64(2,3)4,51-37-24-14-25-38-51)52-39-26-15-27-40-52/h10-27,29-40,53-63,65H,5-9,28,41-46H2,1-4H3/t53-,54-,55+,56-,57-,58-,59+,60-,61?,62+,63-/m1/s1. The number of ether oxygens (including phenoxy) is 9. The van der Waals surface area contributed by atoms with Crippen LogP contribution in [0.1, 0.15) is 94.8 Å². The summed E-state index contributed by atoms with van der Waals surface area (Å²) in [7, 11) is -3.35. The Morgan fingerprint density at radius 2 is 1.04 bits per heavy atom. The number of aliphatic hydroxyl groups is 1. The van der Waals surface area contributed by atoms with E-state index < -0.39 is 81.1 Å².